The number of sulfonamides is 1. The highest BCUT2D eigenvalue weighted by atomic mass is 32.2. The van der Waals surface area contributed by atoms with Crippen LogP contribution in [-0.2, 0) is 16.4 Å². The maximum absolute atomic E-state index is 12.6. The van der Waals surface area contributed by atoms with Crippen molar-refractivity contribution in [1.82, 2.24) is 4.31 Å². The molecule has 1 atom stereocenters. The topological polar surface area (TPSA) is 69.6 Å². The molecule has 6 heteroatoms. The lowest BCUT2D eigenvalue weighted by atomic mass is 10.0. The minimum absolute atomic E-state index is 0.171. The van der Waals surface area contributed by atoms with Crippen LogP contribution in [0.25, 0.3) is 0 Å². The molecule has 0 amide bonds. The van der Waals surface area contributed by atoms with E-state index in [2.05, 4.69) is 5.32 Å². The van der Waals surface area contributed by atoms with Crippen LogP contribution in [0.4, 0.5) is 5.69 Å². The average Bonchev–Trinajstić information content (AvgIpc) is 2.79. The van der Waals surface area contributed by atoms with Crippen LogP contribution in [0.5, 0.6) is 0 Å². The van der Waals surface area contributed by atoms with Crippen molar-refractivity contribution in [2.75, 3.05) is 25.0 Å². The molecule has 110 valence electrons. The Labute approximate surface area is 119 Å². The number of hydrogen-bond acceptors (Lipinski definition) is 4. The maximum Gasteiger partial charge on any atom is 0.243 e. The molecule has 1 saturated heterocycles. The Balaban J connectivity index is 1.92. The lowest BCUT2D eigenvalue weighted by Gasteiger charge is -2.22. The minimum Gasteiger partial charge on any atom is -0.389 e. The second-order valence-electron chi connectivity index (χ2n) is 5.93. The third-order valence-electron chi connectivity index (χ3n) is 4.07. The molecule has 2 heterocycles. The highest BCUT2D eigenvalue weighted by Gasteiger charge is 2.38. The molecule has 0 radical (unpaired) electrons. The number of nitrogens with zero attached hydrogens (tertiary/aromatic N) is 1. The summed E-state index contributed by atoms with van der Waals surface area (Å²) in [7, 11) is -3.50. The summed E-state index contributed by atoms with van der Waals surface area (Å²) in [5, 5.41) is 13.2. The Morgan fingerprint density at radius 3 is 2.90 bits per heavy atom. The zero-order valence-electron chi connectivity index (χ0n) is 11.6. The van der Waals surface area contributed by atoms with Gasteiger partial charge >= 0.3 is 0 Å². The summed E-state index contributed by atoms with van der Waals surface area (Å²) in [6, 6.07) is 5.26. The molecular formula is C14H20N2O3S. The highest BCUT2D eigenvalue weighted by molar-refractivity contribution is 7.89. The molecule has 3 rings (SSSR count). The number of benzene rings is 1. The van der Waals surface area contributed by atoms with Gasteiger partial charge in [0.05, 0.1) is 10.5 Å². The Bertz CT molecular complexity index is 625. The van der Waals surface area contributed by atoms with E-state index in [1.54, 1.807) is 19.1 Å². The van der Waals surface area contributed by atoms with Crippen molar-refractivity contribution < 1.29 is 13.5 Å². The summed E-state index contributed by atoms with van der Waals surface area (Å²) in [6.07, 6.45) is 2.41. The fourth-order valence-electron chi connectivity index (χ4n) is 2.87. The number of fused-ring (bicyclic) bond motifs is 1. The van der Waals surface area contributed by atoms with E-state index in [0.717, 1.165) is 30.6 Å². The van der Waals surface area contributed by atoms with Crippen molar-refractivity contribution in [1.29, 1.82) is 0 Å². The predicted molar refractivity (Wildman–Crippen MR) is 77.3 cm³/mol. The third-order valence-corrected chi connectivity index (χ3v) is 5.91. The molecule has 1 aromatic rings. The molecule has 2 aliphatic rings. The van der Waals surface area contributed by atoms with Gasteiger partial charge in [-0.15, -0.1) is 0 Å². The number of β-amino-alcohol motifs (C(OH)–C–C–N with tert-alkyl or cyclic N) is 1. The van der Waals surface area contributed by atoms with E-state index in [4.69, 9.17) is 0 Å². The molecule has 0 spiro atoms. The summed E-state index contributed by atoms with van der Waals surface area (Å²) in [5.41, 5.74) is 1.18. The second kappa shape index (κ2) is 4.72. The Kier molecular flexibility index (Phi) is 3.27. The molecule has 5 nitrogen and oxygen atoms in total. The number of nitrogens with one attached hydrogen (secondary N) is 1. The number of rotatable bonds is 2. The molecular weight excluding hydrogens is 276 g/mol. The molecule has 1 unspecified atom stereocenters. The number of aliphatic hydroxyl groups is 1. The molecule has 1 aromatic carbocycles. The fraction of sp³-hybridized carbons (Fsp3) is 0.571. The van der Waals surface area contributed by atoms with Gasteiger partial charge in [0, 0.05) is 25.3 Å². The van der Waals surface area contributed by atoms with Gasteiger partial charge in [0.25, 0.3) is 0 Å². The van der Waals surface area contributed by atoms with Crippen molar-refractivity contribution in [3.05, 3.63) is 23.8 Å². The summed E-state index contributed by atoms with van der Waals surface area (Å²) >= 11 is 0. The average molecular weight is 296 g/mol. The lowest BCUT2D eigenvalue weighted by molar-refractivity contribution is 0.0762. The van der Waals surface area contributed by atoms with Gasteiger partial charge in [0.15, 0.2) is 0 Å². The first-order valence-electron chi connectivity index (χ1n) is 6.98. The Morgan fingerprint density at radius 2 is 2.20 bits per heavy atom. The van der Waals surface area contributed by atoms with E-state index in [-0.39, 0.29) is 6.54 Å². The van der Waals surface area contributed by atoms with Gasteiger partial charge in [0.2, 0.25) is 10.0 Å². The van der Waals surface area contributed by atoms with E-state index in [1.807, 2.05) is 6.07 Å². The van der Waals surface area contributed by atoms with Crippen LogP contribution in [-0.4, -0.2) is 43.1 Å². The van der Waals surface area contributed by atoms with Crippen molar-refractivity contribution in [3.63, 3.8) is 0 Å². The first-order valence-corrected chi connectivity index (χ1v) is 8.42. The van der Waals surface area contributed by atoms with Gasteiger partial charge in [-0.2, -0.15) is 4.31 Å². The lowest BCUT2D eigenvalue weighted by Crippen LogP contribution is -2.34. The zero-order chi connectivity index (χ0) is 14.4. The van der Waals surface area contributed by atoms with Crippen molar-refractivity contribution in [2.45, 2.75) is 36.7 Å². The van der Waals surface area contributed by atoms with Crippen molar-refractivity contribution >= 4 is 15.7 Å². The van der Waals surface area contributed by atoms with Gasteiger partial charge in [0.1, 0.15) is 0 Å². The molecule has 0 bridgehead atoms. The van der Waals surface area contributed by atoms with E-state index in [0.29, 0.717) is 17.9 Å². The quantitative estimate of drug-likeness (QED) is 0.860. The molecule has 1 fully saturated rings. The maximum atomic E-state index is 12.6. The third kappa shape index (κ3) is 2.43. The van der Waals surface area contributed by atoms with Gasteiger partial charge < -0.3 is 10.4 Å². The van der Waals surface area contributed by atoms with E-state index < -0.39 is 15.6 Å². The predicted octanol–water partition coefficient (Wildman–Crippen LogP) is 1.19. The standard InChI is InChI=1S/C14H20N2O3S/c1-14(17)6-8-16(10-14)20(18,19)12-4-5-13-11(9-12)3-2-7-15-13/h4-5,9,15,17H,2-3,6-8,10H2,1H3. The van der Waals surface area contributed by atoms with Gasteiger partial charge in [-0.3, -0.25) is 0 Å². The molecule has 2 N–H and O–H groups in total. The number of hydrogen-bond donors (Lipinski definition) is 2. The molecule has 0 aliphatic carbocycles. The molecule has 0 aromatic heterocycles. The van der Waals surface area contributed by atoms with E-state index in [1.165, 1.54) is 4.31 Å². The van der Waals surface area contributed by atoms with Crippen LogP contribution in [0.2, 0.25) is 0 Å². The Hall–Kier alpha value is -1.11. The number of anilines is 1. The van der Waals surface area contributed by atoms with Crippen LogP contribution in [0.1, 0.15) is 25.3 Å². The smallest absolute Gasteiger partial charge is 0.243 e. The van der Waals surface area contributed by atoms with Gasteiger partial charge in [-0.05, 0) is 49.9 Å². The van der Waals surface area contributed by atoms with Crippen molar-refractivity contribution in [2.24, 2.45) is 0 Å². The van der Waals surface area contributed by atoms with Crippen LogP contribution >= 0.6 is 0 Å². The largest absolute Gasteiger partial charge is 0.389 e. The van der Waals surface area contributed by atoms with Crippen LogP contribution in [0, 0.1) is 0 Å². The Morgan fingerprint density at radius 1 is 1.40 bits per heavy atom. The molecule has 2 aliphatic heterocycles. The summed E-state index contributed by atoms with van der Waals surface area (Å²) in [6.45, 7) is 3.17. The number of aryl methyl sites for hydroxylation is 1. The summed E-state index contributed by atoms with van der Waals surface area (Å²) < 4.78 is 26.6. The first-order chi connectivity index (χ1) is 9.38. The monoisotopic (exact) mass is 296 g/mol. The SMILES string of the molecule is CC1(O)CCN(S(=O)(=O)c2ccc3c(c2)CCCN3)C1. The summed E-state index contributed by atoms with van der Waals surface area (Å²) in [5.74, 6) is 0. The molecule has 0 saturated carbocycles. The normalized spacial score (nSPS) is 27.1. The van der Waals surface area contributed by atoms with E-state index in [9.17, 15) is 13.5 Å². The minimum atomic E-state index is -3.50. The van der Waals surface area contributed by atoms with Crippen molar-refractivity contribution in [3.8, 4) is 0 Å². The fourth-order valence-corrected chi connectivity index (χ4v) is 4.48. The summed E-state index contributed by atoms with van der Waals surface area (Å²) in [4.78, 5) is 0.331. The van der Waals surface area contributed by atoms with Crippen LogP contribution < -0.4 is 5.32 Å². The molecule has 20 heavy (non-hydrogen) atoms. The van der Waals surface area contributed by atoms with E-state index >= 15 is 0 Å². The van der Waals surface area contributed by atoms with Crippen LogP contribution in [0.15, 0.2) is 23.1 Å². The highest BCUT2D eigenvalue weighted by Crippen LogP contribution is 2.30. The first kappa shape index (κ1) is 13.9. The van der Waals surface area contributed by atoms with Crippen LogP contribution in [0.3, 0.4) is 0 Å². The zero-order valence-corrected chi connectivity index (χ0v) is 12.4. The van der Waals surface area contributed by atoms with Gasteiger partial charge in [-0.25, -0.2) is 8.42 Å². The second-order valence-corrected chi connectivity index (χ2v) is 7.87. The van der Waals surface area contributed by atoms with Gasteiger partial charge in [-0.1, -0.05) is 0 Å².